The summed E-state index contributed by atoms with van der Waals surface area (Å²) in [5.74, 6) is 2.29. The summed E-state index contributed by atoms with van der Waals surface area (Å²) in [7, 11) is 1.87. The van der Waals surface area contributed by atoms with Crippen LogP contribution in [0.15, 0.2) is 24.4 Å². The SMILES string of the molecule is Cn1c(CO)cnc1-c1ccc2c(c1)OCO2. The fraction of sp³-hybridized carbons (Fsp3) is 0.250. The second-order valence-electron chi connectivity index (χ2n) is 3.86. The molecule has 0 unspecified atom stereocenters. The lowest BCUT2D eigenvalue weighted by molar-refractivity contribution is 0.174. The van der Waals surface area contributed by atoms with E-state index in [9.17, 15) is 0 Å². The van der Waals surface area contributed by atoms with Gasteiger partial charge in [0.15, 0.2) is 11.5 Å². The summed E-state index contributed by atoms with van der Waals surface area (Å²) in [5.41, 5.74) is 1.72. The van der Waals surface area contributed by atoms with Gasteiger partial charge in [0, 0.05) is 12.6 Å². The summed E-state index contributed by atoms with van der Waals surface area (Å²) >= 11 is 0. The molecule has 1 aliphatic rings. The smallest absolute Gasteiger partial charge is 0.231 e. The van der Waals surface area contributed by atoms with Crippen molar-refractivity contribution in [3.05, 3.63) is 30.1 Å². The Labute approximate surface area is 98.2 Å². The first-order chi connectivity index (χ1) is 8.29. The normalized spacial score (nSPS) is 13.1. The van der Waals surface area contributed by atoms with Crippen LogP contribution in [0, 0.1) is 0 Å². The van der Waals surface area contributed by atoms with Crippen molar-refractivity contribution < 1.29 is 14.6 Å². The molecule has 5 nitrogen and oxygen atoms in total. The molecule has 0 atom stereocenters. The summed E-state index contributed by atoms with van der Waals surface area (Å²) in [5, 5.41) is 9.13. The van der Waals surface area contributed by atoms with E-state index in [0.29, 0.717) is 0 Å². The number of rotatable bonds is 2. The maximum atomic E-state index is 9.13. The fourth-order valence-electron chi connectivity index (χ4n) is 1.90. The van der Waals surface area contributed by atoms with Crippen LogP contribution in [0.2, 0.25) is 0 Å². The monoisotopic (exact) mass is 232 g/mol. The van der Waals surface area contributed by atoms with E-state index < -0.39 is 0 Å². The van der Waals surface area contributed by atoms with E-state index in [1.807, 2.05) is 29.8 Å². The van der Waals surface area contributed by atoms with Crippen LogP contribution in [0.3, 0.4) is 0 Å². The predicted molar refractivity (Wildman–Crippen MR) is 60.7 cm³/mol. The second kappa shape index (κ2) is 3.78. The molecule has 0 spiro atoms. The van der Waals surface area contributed by atoms with Crippen LogP contribution in [0.25, 0.3) is 11.4 Å². The van der Waals surface area contributed by atoms with Crippen molar-refractivity contribution in [2.24, 2.45) is 7.05 Å². The zero-order chi connectivity index (χ0) is 11.8. The van der Waals surface area contributed by atoms with Gasteiger partial charge in [0.2, 0.25) is 6.79 Å². The highest BCUT2D eigenvalue weighted by Gasteiger charge is 2.16. The summed E-state index contributed by atoms with van der Waals surface area (Å²) in [6.07, 6.45) is 1.67. The standard InChI is InChI=1S/C12H12N2O3/c1-14-9(6-15)5-13-12(14)8-2-3-10-11(4-8)17-7-16-10/h2-5,15H,6-7H2,1H3. The van der Waals surface area contributed by atoms with Gasteiger partial charge in [0.05, 0.1) is 18.5 Å². The van der Waals surface area contributed by atoms with Crippen molar-refractivity contribution in [2.45, 2.75) is 6.61 Å². The van der Waals surface area contributed by atoms with Gasteiger partial charge in [-0.3, -0.25) is 0 Å². The number of benzene rings is 1. The van der Waals surface area contributed by atoms with Gasteiger partial charge >= 0.3 is 0 Å². The summed E-state index contributed by atoms with van der Waals surface area (Å²) < 4.78 is 12.4. The molecule has 0 radical (unpaired) electrons. The molecule has 1 N–H and O–H groups in total. The number of fused-ring (bicyclic) bond motifs is 1. The topological polar surface area (TPSA) is 56.5 Å². The maximum absolute atomic E-state index is 9.13. The van der Waals surface area contributed by atoms with Gasteiger partial charge in [0.25, 0.3) is 0 Å². The van der Waals surface area contributed by atoms with Gasteiger partial charge in [-0.2, -0.15) is 0 Å². The molecule has 1 aromatic heterocycles. The third-order valence-corrected chi connectivity index (χ3v) is 2.88. The molecule has 3 rings (SSSR count). The van der Waals surface area contributed by atoms with E-state index >= 15 is 0 Å². The molecule has 1 aliphatic heterocycles. The van der Waals surface area contributed by atoms with Crippen molar-refractivity contribution in [3.8, 4) is 22.9 Å². The Bertz CT molecular complexity index is 563. The highest BCUT2D eigenvalue weighted by molar-refractivity contribution is 5.62. The fourth-order valence-corrected chi connectivity index (χ4v) is 1.90. The highest BCUT2D eigenvalue weighted by Crippen LogP contribution is 2.35. The lowest BCUT2D eigenvalue weighted by Crippen LogP contribution is -1.98. The molecule has 0 aliphatic carbocycles. The number of hydrogen-bond donors (Lipinski definition) is 1. The number of nitrogens with zero attached hydrogens (tertiary/aromatic N) is 2. The average Bonchev–Trinajstić information content (AvgIpc) is 2.94. The summed E-state index contributed by atoms with van der Waals surface area (Å²) in [6, 6.07) is 5.69. The second-order valence-corrected chi connectivity index (χ2v) is 3.86. The number of aromatic nitrogens is 2. The average molecular weight is 232 g/mol. The molecule has 1 aromatic carbocycles. The Morgan fingerprint density at radius 1 is 1.35 bits per heavy atom. The Morgan fingerprint density at radius 3 is 2.94 bits per heavy atom. The van der Waals surface area contributed by atoms with Gasteiger partial charge in [-0.15, -0.1) is 0 Å². The van der Waals surface area contributed by atoms with Crippen LogP contribution in [0.4, 0.5) is 0 Å². The molecule has 0 amide bonds. The predicted octanol–water partition coefficient (Wildman–Crippen LogP) is 1.31. The number of imidazole rings is 1. The van der Waals surface area contributed by atoms with Crippen molar-refractivity contribution in [2.75, 3.05) is 6.79 Å². The molecule has 0 bridgehead atoms. The molecule has 17 heavy (non-hydrogen) atoms. The van der Waals surface area contributed by atoms with E-state index in [1.165, 1.54) is 0 Å². The van der Waals surface area contributed by atoms with Gasteiger partial charge < -0.3 is 19.1 Å². The molecule has 0 saturated carbocycles. The Morgan fingerprint density at radius 2 is 2.18 bits per heavy atom. The van der Waals surface area contributed by atoms with Gasteiger partial charge in [0.1, 0.15) is 5.82 Å². The van der Waals surface area contributed by atoms with Crippen molar-refractivity contribution in [1.29, 1.82) is 0 Å². The Balaban J connectivity index is 2.06. The van der Waals surface area contributed by atoms with Crippen LogP contribution in [-0.4, -0.2) is 21.5 Å². The zero-order valence-corrected chi connectivity index (χ0v) is 9.38. The zero-order valence-electron chi connectivity index (χ0n) is 9.38. The van der Waals surface area contributed by atoms with Crippen LogP contribution >= 0.6 is 0 Å². The van der Waals surface area contributed by atoms with Gasteiger partial charge in [-0.25, -0.2) is 4.98 Å². The third kappa shape index (κ3) is 1.55. The highest BCUT2D eigenvalue weighted by atomic mass is 16.7. The van der Waals surface area contributed by atoms with E-state index in [0.717, 1.165) is 28.6 Å². The first-order valence-electron chi connectivity index (χ1n) is 5.31. The summed E-state index contributed by atoms with van der Waals surface area (Å²) in [6.45, 7) is 0.245. The van der Waals surface area contributed by atoms with E-state index in [1.54, 1.807) is 6.20 Å². The van der Waals surface area contributed by atoms with Crippen molar-refractivity contribution in [1.82, 2.24) is 9.55 Å². The first kappa shape index (κ1) is 10.2. The molecule has 0 fully saturated rings. The summed E-state index contributed by atoms with van der Waals surface area (Å²) in [4.78, 5) is 4.29. The number of aliphatic hydroxyl groups excluding tert-OH is 1. The van der Waals surface area contributed by atoms with Crippen molar-refractivity contribution >= 4 is 0 Å². The molecule has 2 heterocycles. The van der Waals surface area contributed by atoms with Crippen LogP contribution in [-0.2, 0) is 13.7 Å². The number of hydrogen-bond acceptors (Lipinski definition) is 4. The molecule has 2 aromatic rings. The first-order valence-corrected chi connectivity index (χ1v) is 5.31. The minimum Gasteiger partial charge on any atom is -0.454 e. The number of aliphatic hydroxyl groups is 1. The lowest BCUT2D eigenvalue weighted by atomic mass is 10.2. The quantitative estimate of drug-likeness (QED) is 0.848. The third-order valence-electron chi connectivity index (χ3n) is 2.88. The van der Waals surface area contributed by atoms with Crippen LogP contribution < -0.4 is 9.47 Å². The molecular formula is C12H12N2O3. The van der Waals surface area contributed by atoms with Gasteiger partial charge in [-0.1, -0.05) is 0 Å². The van der Waals surface area contributed by atoms with Gasteiger partial charge in [-0.05, 0) is 18.2 Å². The molecule has 0 saturated heterocycles. The van der Waals surface area contributed by atoms with Crippen LogP contribution in [0.1, 0.15) is 5.69 Å². The maximum Gasteiger partial charge on any atom is 0.231 e. The van der Waals surface area contributed by atoms with Crippen LogP contribution in [0.5, 0.6) is 11.5 Å². The van der Waals surface area contributed by atoms with Crippen molar-refractivity contribution in [3.63, 3.8) is 0 Å². The lowest BCUT2D eigenvalue weighted by Gasteiger charge is -2.05. The largest absolute Gasteiger partial charge is 0.454 e. The van der Waals surface area contributed by atoms with E-state index in [4.69, 9.17) is 14.6 Å². The van der Waals surface area contributed by atoms with E-state index in [-0.39, 0.29) is 13.4 Å². The molecular weight excluding hydrogens is 220 g/mol. The minimum atomic E-state index is -0.0198. The molecule has 88 valence electrons. The minimum absolute atomic E-state index is 0.0198. The number of ether oxygens (including phenoxy) is 2. The Hall–Kier alpha value is -2.01. The molecule has 5 heteroatoms. The van der Waals surface area contributed by atoms with E-state index in [2.05, 4.69) is 4.98 Å². The Kier molecular flexibility index (Phi) is 2.26.